The molecule has 0 spiro atoms. The molecule has 0 aromatic heterocycles. The molecule has 0 aliphatic heterocycles. The van der Waals surface area contributed by atoms with Gasteiger partial charge in [-0.1, -0.05) is 13.8 Å². The van der Waals surface area contributed by atoms with Gasteiger partial charge in [0.2, 0.25) is 0 Å². The Morgan fingerprint density at radius 1 is 1.13 bits per heavy atom. The average Bonchev–Trinajstić information content (AvgIpc) is 2.83. The maximum Gasteiger partial charge on any atom is 0.156 e. The van der Waals surface area contributed by atoms with E-state index in [1.54, 1.807) is 6.08 Å². The van der Waals surface area contributed by atoms with Crippen LogP contribution in [0.4, 0.5) is 0 Å². The number of rotatable bonds is 1. The van der Waals surface area contributed by atoms with E-state index in [0.717, 1.165) is 44.1 Å². The summed E-state index contributed by atoms with van der Waals surface area (Å²) in [5.74, 6) is 2.67. The Kier molecular flexibility index (Phi) is 3.39. The minimum Gasteiger partial charge on any atom is -0.392 e. The fourth-order valence-corrected chi connectivity index (χ4v) is 6.88. The monoisotopic (exact) mass is 316 g/mol. The quantitative estimate of drug-likeness (QED) is 0.807. The van der Waals surface area contributed by atoms with Gasteiger partial charge in [-0.15, -0.1) is 0 Å². The Hall–Kier alpha value is -0.960. The molecule has 0 unspecified atom stereocenters. The third-order valence-corrected chi connectivity index (χ3v) is 8.26. The molecule has 3 fully saturated rings. The second kappa shape index (κ2) is 5.02. The van der Waals surface area contributed by atoms with Crippen molar-refractivity contribution in [2.45, 2.75) is 58.8 Å². The topological polar surface area (TPSA) is 54.4 Å². The van der Waals surface area contributed by atoms with Crippen LogP contribution in [0.5, 0.6) is 0 Å². The molecule has 3 heteroatoms. The van der Waals surface area contributed by atoms with Gasteiger partial charge in [0, 0.05) is 18.3 Å². The summed E-state index contributed by atoms with van der Waals surface area (Å²) in [5.41, 5.74) is 0.817. The summed E-state index contributed by atoms with van der Waals surface area (Å²) >= 11 is 0. The van der Waals surface area contributed by atoms with E-state index in [9.17, 15) is 14.7 Å². The van der Waals surface area contributed by atoms with Crippen LogP contribution in [0.15, 0.2) is 11.6 Å². The fraction of sp³-hybridized carbons (Fsp3) is 0.800. The van der Waals surface area contributed by atoms with Gasteiger partial charge in [-0.25, -0.2) is 0 Å². The van der Waals surface area contributed by atoms with Crippen molar-refractivity contribution in [1.29, 1.82) is 0 Å². The first-order valence-electron chi connectivity index (χ1n) is 9.29. The highest BCUT2D eigenvalue weighted by Crippen LogP contribution is 2.65. The SMILES string of the molecule is C[C@]12C(CO)=CC(=O)C[C@H]1CC[C@@H]1[C@@H]2CC[C@]2(C)C(=O)CC[C@@H]12. The zero-order valence-corrected chi connectivity index (χ0v) is 14.3. The highest BCUT2D eigenvalue weighted by molar-refractivity contribution is 5.92. The van der Waals surface area contributed by atoms with E-state index in [0.29, 0.717) is 35.9 Å². The second-order valence-electron chi connectivity index (χ2n) is 8.85. The Morgan fingerprint density at radius 3 is 2.65 bits per heavy atom. The summed E-state index contributed by atoms with van der Waals surface area (Å²) in [6.45, 7) is 4.50. The van der Waals surface area contributed by atoms with Gasteiger partial charge in [-0.05, 0) is 72.8 Å². The van der Waals surface area contributed by atoms with Crippen molar-refractivity contribution in [3.05, 3.63) is 11.6 Å². The molecule has 1 N–H and O–H groups in total. The fourth-order valence-electron chi connectivity index (χ4n) is 6.88. The van der Waals surface area contributed by atoms with Crippen molar-refractivity contribution in [3.63, 3.8) is 0 Å². The number of aliphatic hydroxyl groups excluding tert-OH is 1. The Morgan fingerprint density at radius 2 is 1.91 bits per heavy atom. The molecule has 4 aliphatic carbocycles. The Balaban J connectivity index is 1.74. The average molecular weight is 316 g/mol. The number of aliphatic hydroxyl groups is 1. The minimum absolute atomic E-state index is 0.00280. The van der Waals surface area contributed by atoms with Crippen LogP contribution in [0.1, 0.15) is 58.8 Å². The first kappa shape index (κ1) is 15.6. The highest BCUT2D eigenvalue weighted by atomic mass is 16.3. The number of hydrogen-bond donors (Lipinski definition) is 1. The molecule has 4 rings (SSSR count). The van der Waals surface area contributed by atoms with Crippen LogP contribution < -0.4 is 0 Å². The molecule has 23 heavy (non-hydrogen) atoms. The molecule has 0 heterocycles. The van der Waals surface area contributed by atoms with E-state index >= 15 is 0 Å². The first-order chi connectivity index (χ1) is 10.9. The van der Waals surface area contributed by atoms with E-state index in [4.69, 9.17) is 0 Å². The molecule has 3 nitrogen and oxygen atoms in total. The molecule has 0 aromatic rings. The van der Waals surface area contributed by atoms with E-state index in [1.807, 2.05) is 0 Å². The van der Waals surface area contributed by atoms with Crippen LogP contribution in [0.3, 0.4) is 0 Å². The molecule has 0 amide bonds. The molecule has 0 bridgehead atoms. The number of carbonyl (C=O) groups excluding carboxylic acids is 2. The molecule has 0 aromatic carbocycles. The maximum atomic E-state index is 12.4. The molecular weight excluding hydrogens is 288 g/mol. The lowest BCUT2D eigenvalue weighted by atomic mass is 9.45. The highest BCUT2D eigenvalue weighted by Gasteiger charge is 2.60. The van der Waals surface area contributed by atoms with Gasteiger partial charge in [-0.2, -0.15) is 0 Å². The van der Waals surface area contributed by atoms with Gasteiger partial charge in [0.15, 0.2) is 5.78 Å². The first-order valence-corrected chi connectivity index (χ1v) is 9.29. The van der Waals surface area contributed by atoms with Crippen LogP contribution in [0.25, 0.3) is 0 Å². The van der Waals surface area contributed by atoms with Crippen LogP contribution >= 0.6 is 0 Å². The van der Waals surface area contributed by atoms with Crippen molar-refractivity contribution >= 4 is 11.6 Å². The van der Waals surface area contributed by atoms with Gasteiger partial charge in [0.05, 0.1) is 6.61 Å². The normalized spacial score (nSPS) is 49.3. The summed E-state index contributed by atoms with van der Waals surface area (Å²) in [6, 6.07) is 0. The number of hydrogen-bond acceptors (Lipinski definition) is 3. The predicted octanol–water partition coefficient (Wildman–Crippen LogP) is 3.31. The minimum atomic E-state index is -0.0993. The van der Waals surface area contributed by atoms with E-state index in [-0.39, 0.29) is 23.2 Å². The second-order valence-corrected chi connectivity index (χ2v) is 8.85. The van der Waals surface area contributed by atoms with Crippen LogP contribution in [-0.4, -0.2) is 23.3 Å². The lowest BCUT2D eigenvalue weighted by Crippen LogP contribution is -2.54. The van der Waals surface area contributed by atoms with Crippen molar-refractivity contribution < 1.29 is 14.7 Å². The van der Waals surface area contributed by atoms with Crippen LogP contribution in [0, 0.1) is 34.5 Å². The number of ketones is 2. The van der Waals surface area contributed by atoms with E-state index in [1.165, 1.54) is 0 Å². The van der Waals surface area contributed by atoms with Crippen molar-refractivity contribution in [2.75, 3.05) is 6.61 Å². The zero-order chi connectivity index (χ0) is 16.4. The maximum absolute atomic E-state index is 12.4. The summed E-state index contributed by atoms with van der Waals surface area (Å²) in [7, 11) is 0. The van der Waals surface area contributed by atoms with Gasteiger partial charge >= 0.3 is 0 Å². The van der Waals surface area contributed by atoms with Gasteiger partial charge in [0.1, 0.15) is 5.78 Å². The van der Waals surface area contributed by atoms with Crippen molar-refractivity contribution in [3.8, 4) is 0 Å². The summed E-state index contributed by atoms with van der Waals surface area (Å²) in [6.07, 6.45) is 8.47. The molecule has 6 atom stereocenters. The largest absolute Gasteiger partial charge is 0.392 e. The number of Topliss-reactive ketones (excluding diaryl/α,β-unsaturated/α-hetero) is 1. The predicted molar refractivity (Wildman–Crippen MR) is 87.7 cm³/mol. The molecular formula is C20H28O3. The van der Waals surface area contributed by atoms with E-state index in [2.05, 4.69) is 13.8 Å². The summed E-state index contributed by atoms with van der Waals surface area (Å²) < 4.78 is 0. The molecule has 4 aliphatic rings. The van der Waals surface area contributed by atoms with Gasteiger partial charge in [-0.3, -0.25) is 9.59 Å². The zero-order valence-electron chi connectivity index (χ0n) is 14.3. The van der Waals surface area contributed by atoms with Crippen molar-refractivity contribution in [2.24, 2.45) is 34.5 Å². The van der Waals surface area contributed by atoms with Crippen molar-refractivity contribution in [1.82, 2.24) is 0 Å². The Labute approximate surface area is 138 Å². The molecule has 0 radical (unpaired) electrons. The molecule has 3 saturated carbocycles. The lowest BCUT2D eigenvalue weighted by Gasteiger charge is -2.59. The third-order valence-electron chi connectivity index (χ3n) is 8.26. The van der Waals surface area contributed by atoms with Crippen LogP contribution in [-0.2, 0) is 9.59 Å². The Bertz CT molecular complexity index is 592. The summed E-state index contributed by atoms with van der Waals surface area (Å²) in [4.78, 5) is 24.5. The standard InChI is InChI=1S/C20H28O3/c1-19-8-7-17-15(16(19)5-6-18(19)23)4-3-12-9-14(22)10-13(11-21)20(12,17)2/h10,12,15-17,21H,3-9,11H2,1-2H3/t12-,15+,16+,17+,19+,20-/m1/s1. The molecule has 0 saturated heterocycles. The van der Waals surface area contributed by atoms with E-state index < -0.39 is 0 Å². The number of allylic oxidation sites excluding steroid dienone is 1. The van der Waals surface area contributed by atoms with Gasteiger partial charge < -0.3 is 5.11 Å². The number of carbonyl (C=O) groups is 2. The third kappa shape index (κ3) is 1.92. The van der Waals surface area contributed by atoms with Crippen LogP contribution in [0.2, 0.25) is 0 Å². The lowest BCUT2D eigenvalue weighted by molar-refractivity contribution is -0.136. The summed E-state index contributed by atoms with van der Waals surface area (Å²) in [5, 5.41) is 9.91. The molecule has 126 valence electrons. The number of fused-ring (bicyclic) bond motifs is 5. The van der Waals surface area contributed by atoms with Gasteiger partial charge in [0.25, 0.3) is 0 Å². The smallest absolute Gasteiger partial charge is 0.156 e.